The van der Waals surface area contributed by atoms with Crippen LogP contribution in [-0.4, -0.2) is 36.4 Å². The predicted molar refractivity (Wildman–Crippen MR) is 145 cm³/mol. The van der Waals surface area contributed by atoms with E-state index in [-0.39, 0.29) is 31.6 Å². The van der Waals surface area contributed by atoms with Gasteiger partial charge in [-0.3, -0.25) is 9.59 Å². The van der Waals surface area contributed by atoms with Crippen molar-refractivity contribution in [2.45, 2.75) is 155 Å². The normalized spacial score (nSPS) is 12.2. The number of rotatable bonds is 26. The average Bonchev–Trinajstić information content (AvgIpc) is 2.87. The number of carbonyl (C=O) groups excluding carboxylic acids is 2. The quantitative estimate of drug-likeness (QED) is 0.0741. The van der Waals surface area contributed by atoms with Gasteiger partial charge in [-0.25, -0.2) is 0 Å². The molecule has 1 atom stereocenters. The molecule has 0 bridgehead atoms. The lowest BCUT2D eigenvalue weighted by Crippen LogP contribution is -2.28. The molecular formula is C30H56O5. The minimum Gasteiger partial charge on any atom is -0.462 e. The van der Waals surface area contributed by atoms with Gasteiger partial charge < -0.3 is 14.6 Å². The van der Waals surface area contributed by atoms with Gasteiger partial charge in [0, 0.05) is 12.8 Å². The predicted octanol–water partition coefficient (Wildman–Crippen LogP) is 8.22. The summed E-state index contributed by atoms with van der Waals surface area (Å²) in [5, 5.41) is 9.24. The fourth-order valence-electron chi connectivity index (χ4n) is 4.06. The minimum atomic E-state index is -0.761. The Labute approximate surface area is 216 Å². The molecule has 0 aromatic carbocycles. The number of hydrogen-bond acceptors (Lipinski definition) is 5. The van der Waals surface area contributed by atoms with E-state index in [1.54, 1.807) is 6.92 Å². The summed E-state index contributed by atoms with van der Waals surface area (Å²) in [6, 6.07) is 0. The van der Waals surface area contributed by atoms with Crippen molar-refractivity contribution in [2.24, 2.45) is 0 Å². The summed E-state index contributed by atoms with van der Waals surface area (Å²) in [5.41, 5.74) is 0. The van der Waals surface area contributed by atoms with Crippen molar-refractivity contribution in [3.63, 3.8) is 0 Å². The molecule has 0 heterocycles. The van der Waals surface area contributed by atoms with Gasteiger partial charge in [0.25, 0.3) is 0 Å². The van der Waals surface area contributed by atoms with Crippen LogP contribution in [0.5, 0.6) is 0 Å². The second-order valence-electron chi connectivity index (χ2n) is 9.79. The zero-order valence-electron chi connectivity index (χ0n) is 23.1. The Morgan fingerprint density at radius 1 is 0.657 bits per heavy atom. The molecule has 206 valence electrons. The second kappa shape index (κ2) is 27.2. The van der Waals surface area contributed by atoms with Crippen LogP contribution in [-0.2, 0) is 19.1 Å². The molecule has 0 saturated heterocycles. The van der Waals surface area contributed by atoms with Crippen molar-refractivity contribution in [3.8, 4) is 0 Å². The first kappa shape index (κ1) is 33.6. The number of unbranched alkanes of at least 4 members (excludes halogenated alkanes) is 17. The summed E-state index contributed by atoms with van der Waals surface area (Å²) in [4.78, 5) is 23.0. The molecule has 0 aliphatic carbocycles. The van der Waals surface area contributed by atoms with E-state index in [2.05, 4.69) is 19.1 Å². The molecule has 0 rings (SSSR count). The zero-order valence-corrected chi connectivity index (χ0v) is 23.1. The van der Waals surface area contributed by atoms with Crippen LogP contribution in [0.4, 0.5) is 0 Å². The van der Waals surface area contributed by atoms with Gasteiger partial charge in [0.1, 0.15) is 6.61 Å². The van der Waals surface area contributed by atoms with Crippen molar-refractivity contribution in [2.75, 3.05) is 13.2 Å². The Hall–Kier alpha value is -1.36. The lowest BCUT2D eigenvalue weighted by Gasteiger charge is -2.15. The van der Waals surface area contributed by atoms with Gasteiger partial charge in [-0.05, 0) is 32.1 Å². The molecule has 0 amide bonds. The van der Waals surface area contributed by atoms with E-state index in [1.807, 2.05) is 0 Å². The first-order chi connectivity index (χ1) is 17.1. The largest absolute Gasteiger partial charge is 0.462 e. The minimum absolute atomic E-state index is 0.0789. The van der Waals surface area contributed by atoms with E-state index in [1.165, 1.54) is 103 Å². The molecule has 0 radical (unpaired) electrons. The van der Waals surface area contributed by atoms with E-state index in [4.69, 9.17) is 9.47 Å². The molecular weight excluding hydrogens is 440 g/mol. The highest BCUT2D eigenvalue weighted by atomic mass is 16.6. The molecule has 0 fully saturated rings. The van der Waals surface area contributed by atoms with Gasteiger partial charge >= 0.3 is 11.9 Å². The van der Waals surface area contributed by atoms with Crippen LogP contribution in [0.25, 0.3) is 0 Å². The first-order valence-electron chi connectivity index (χ1n) is 14.7. The van der Waals surface area contributed by atoms with Crippen LogP contribution >= 0.6 is 0 Å². The van der Waals surface area contributed by atoms with E-state index in [9.17, 15) is 14.7 Å². The maximum Gasteiger partial charge on any atom is 0.306 e. The number of hydrogen-bond donors (Lipinski definition) is 1. The number of ether oxygens (including phenoxy) is 2. The molecule has 0 saturated carbocycles. The van der Waals surface area contributed by atoms with Crippen molar-refractivity contribution < 1.29 is 24.2 Å². The van der Waals surface area contributed by atoms with E-state index < -0.39 is 6.10 Å². The Kier molecular flexibility index (Phi) is 26.2. The lowest BCUT2D eigenvalue weighted by atomic mass is 10.1. The fraction of sp³-hybridized carbons (Fsp3) is 0.867. The highest BCUT2D eigenvalue weighted by molar-refractivity contribution is 5.70. The van der Waals surface area contributed by atoms with E-state index >= 15 is 0 Å². The average molecular weight is 497 g/mol. The Morgan fingerprint density at radius 2 is 1.11 bits per heavy atom. The summed E-state index contributed by atoms with van der Waals surface area (Å²) in [5.74, 6) is -0.691. The third kappa shape index (κ3) is 25.5. The molecule has 1 N–H and O–H groups in total. The Bertz CT molecular complexity index is 503. The Morgan fingerprint density at radius 3 is 1.57 bits per heavy atom. The summed E-state index contributed by atoms with van der Waals surface area (Å²) >= 11 is 0. The van der Waals surface area contributed by atoms with Gasteiger partial charge in [0.05, 0.1) is 6.61 Å². The van der Waals surface area contributed by atoms with Crippen LogP contribution in [0.15, 0.2) is 12.2 Å². The first-order valence-corrected chi connectivity index (χ1v) is 14.7. The highest BCUT2D eigenvalue weighted by Gasteiger charge is 2.15. The van der Waals surface area contributed by atoms with Crippen molar-refractivity contribution >= 4 is 11.9 Å². The van der Waals surface area contributed by atoms with Gasteiger partial charge in [-0.2, -0.15) is 0 Å². The third-order valence-electron chi connectivity index (χ3n) is 6.36. The van der Waals surface area contributed by atoms with Gasteiger partial charge in [0.15, 0.2) is 6.10 Å². The smallest absolute Gasteiger partial charge is 0.306 e. The van der Waals surface area contributed by atoms with Crippen LogP contribution in [0.3, 0.4) is 0 Å². The third-order valence-corrected chi connectivity index (χ3v) is 6.36. The molecule has 5 nitrogen and oxygen atoms in total. The molecule has 0 aliphatic rings. The number of allylic oxidation sites excluding steroid dienone is 2. The molecule has 1 unspecified atom stereocenters. The van der Waals surface area contributed by atoms with E-state index in [0.717, 1.165) is 19.3 Å². The topological polar surface area (TPSA) is 72.8 Å². The summed E-state index contributed by atoms with van der Waals surface area (Å²) in [6.07, 6.45) is 29.0. The lowest BCUT2D eigenvalue weighted by molar-refractivity contribution is -0.161. The molecule has 0 aliphatic heterocycles. The summed E-state index contributed by atoms with van der Waals surface area (Å²) in [7, 11) is 0. The number of aliphatic hydroxyl groups excluding tert-OH is 1. The molecule has 0 aromatic heterocycles. The second-order valence-corrected chi connectivity index (χ2v) is 9.79. The number of esters is 2. The zero-order chi connectivity index (χ0) is 25.8. The molecule has 0 spiro atoms. The number of aliphatic hydroxyl groups is 1. The monoisotopic (exact) mass is 496 g/mol. The van der Waals surface area contributed by atoms with Crippen LogP contribution in [0, 0.1) is 0 Å². The van der Waals surface area contributed by atoms with Gasteiger partial charge in [0.2, 0.25) is 0 Å². The molecule has 0 aromatic rings. The SMILES string of the molecule is CCCCCCCCCC/C=C\CCCCCCCCCCCC(=O)OC(CO)COC(=O)CC. The van der Waals surface area contributed by atoms with Crippen LogP contribution < -0.4 is 0 Å². The molecule has 35 heavy (non-hydrogen) atoms. The van der Waals surface area contributed by atoms with Crippen molar-refractivity contribution in [1.82, 2.24) is 0 Å². The molecule has 5 heteroatoms. The summed E-state index contributed by atoms with van der Waals surface area (Å²) < 4.78 is 10.1. The van der Waals surface area contributed by atoms with Crippen LogP contribution in [0.1, 0.15) is 149 Å². The standard InChI is InChI=1S/C30H56O5/c1-3-5-6-7-8-9-10-11-12-13-14-15-16-17-18-19-20-21-22-23-24-25-30(33)35-28(26-31)27-34-29(32)4-2/h13-14,28,31H,3-12,15-27H2,1-2H3/b14-13-. The van der Waals surface area contributed by atoms with E-state index in [0.29, 0.717) is 6.42 Å². The van der Waals surface area contributed by atoms with Gasteiger partial charge in [-0.1, -0.05) is 116 Å². The van der Waals surface area contributed by atoms with Crippen molar-refractivity contribution in [1.29, 1.82) is 0 Å². The van der Waals surface area contributed by atoms with Crippen LogP contribution in [0.2, 0.25) is 0 Å². The Balaban J connectivity index is 3.35. The highest BCUT2D eigenvalue weighted by Crippen LogP contribution is 2.13. The maximum absolute atomic E-state index is 11.8. The maximum atomic E-state index is 11.8. The van der Waals surface area contributed by atoms with Gasteiger partial charge in [-0.15, -0.1) is 0 Å². The fourth-order valence-corrected chi connectivity index (χ4v) is 4.06. The van der Waals surface area contributed by atoms with Crippen molar-refractivity contribution in [3.05, 3.63) is 12.2 Å². The number of carbonyl (C=O) groups is 2. The summed E-state index contributed by atoms with van der Waals surface area (Å²) in [6.45, 7) is 3.56.